The van der Waals surface area contributed by atoms with Crippen molar-refractivity contribution < 1.29 is 22.7 Å². The summed E-state index contributed by atoms with van der Waals surface area (Å²) in [5.74, 6) is -0.852. The van der Waals surface area contributed by atoms with E-state index in [9.17, 15) is 18.0 Å². The molecule has 0 fully saturated rings. The Bertz CT molecular complexity index is 392. The Morgan fingerprint density at radius 1 is 1.53 bits per heavy atom. The Kier molecular flexibility index (Phi) is 3.33. The number of ether oxygens (including phenoxy) is 1. The third-order valence-corrected chi connectivity index (χ3v) is 2.37. The molecule has 0 saturated heterocycles. The largest absolute Gasteiger partial charge is 0.465 e. The summed E-state index contributed by atoms with van der Waals surface area (Å²) in [6.45, 7) is 0. The number of carbonyl (C=O) groups excluding carboxylic acids is 1. The van der Waals surface area contributed by atoms with Crippen LogP contribution in [0.25, 0.3) is 0 Å². The lowest BCUT2D eigenvalue weighted by molar-refractivity contribution is -0.141. The predicted molar refractivity (Wildman–Crippen MR) is 48.3 cm³/mol. The van der Waals surface area contributed by atoms with Crippen LogP contribution in [0.1, 0.15) is 16.1 Å². The molecule has 0 amide bonds. The van der Waals surface area contributed by atoms with Crippen LogP contribution in [0.3, 0.4) is 0 Å². The number of hydrogen-bond acceptors (Lipinski definition) is 3. The first-order valence-electron chi connectivity index (χ1n) is 3.68. The van der Waals surface area contributed by atoms with E-state index in [0.717, 1.165) is 19.4 Å². The van der Waals surface area contributed by atoms with Crippen LogP contribution in [0.15, 0.2) is 16.7 Å². The Morgan fingerprint density at radius 2 is 2.13 bits per heavy atom. The summed E-state index contributed by atoms with van der Waals surface area (Å²) in [5.41, 5.74) is -1.36. The van der Waals surface area contributed by atoms with Crippen molar-refractivity contribution in [1.29, 1.82) is 0 Å². The fourth-order valence-corrected chi connectivity index (χ4v) is 1.53. The number of halogens is 4. The van der Waals surface area contributed by atoms with Gasteiger partial charge in [-0.3, -0.25) is 4.98 Å². The first-order valence-corrected chi connectivity index (χ1v) is 4.47. The summed E-state index contributed by atoms with van der Waals surface area (Å²) < 4.78 is 41.0. The van der Waals surface area contributed by atoms with Crippen LogP contribution >= 0.6 is 15.9 Å². The minimum atomic E-state index is -4.61. The summed E-state index contributed by atoms with van der Waals surface area (Å²) in [6.07, 6.45) is -3.71. The highest BCUT2D eigenvalue weighted by Gasteiger charge is 2.36. The lowest BCUT2D eigenvalue weighted by atomic mass is 10.2. The molecule has 0 aliphatic carbocycles. The van der Waals surface area contributed by atoms with Crippen LogP contribution in [-0.2, 0) is 10.9 Å². The monoisotopic (exact) mass is 283 g/mol. The first-order chi connectivity index (χ1) is 6.88. The maximum absolute atomic E-state index is 12.4. The van der Waals surface area contributed by atoms with E-state index in [1.807, 2.05) is 0 Å². The predicted octanol–water partition coefficient (Wildman–Crippen LogP) is 2.65. The quantitative estimate of drug-likeness (QED) is 0.744. The molecule has 0 aromatic carbocycles. The molecule has 0 atom stereocenters. The van der Waals surface area contributed by atoms with Gasteiger partial charge in [-0.25, -0.2) is 4.79 Å². The van der Waals surface area contributed by atoms with Crippen molar-refractivity contribution in [3.8, 4) is 0 Å². The van der Waals surface area contributed by atoms with E-state index in [1.54, 1.807) is 0 Å². The lowest BCUT2D eigenvalue weighted by Crippen LogP contribution is -2.12. The van der Waals surface area contributed by atoms with Gasteiger partial charge in [0, 0.05) is 6.20 Å². The van der Waals surface area contributed by atoms with E-state index in [1.165, 1.54) is 0 Å². The van der Waals surface area contributed by atoms with Crippen LogP contribution in [0, 0.1) is 0 Å². The average Bonchev–Trinajstić information content (AvgIpc) is 2.15. The van der Waals surface area contributed by atoms with Crippen molar-refractivity contribution in [2.24, 2.45) is 0 Å². The van der Waals surface area contributed by atoms with Crippen molar-refractivity contribution in [1.82, 2.24) is 4.98 Å². The maximum Gasteiger partial charge on any atom is 0.434 e. The number of aromatic nitrogens is 1. The Hall–Kier alpha value is -1.11. The molecule has 0 bridgehead atoms. The van der Waals surface area contributed by atoms with Gasteiger partial charge in [0.25, 0.3) is 0 Å². The van der Waals surface area contributed by atoms with Gasteiger partial charge in [0.05, 0.1) is 17.1 Å². The second kappa shape index (κ2) is 4.18. The highest BCUT2D eigenvalue weighted by molar-refractivity contribution is 9.10. The third kappa shape index (κ3) is 2.47. The Morgan fingerprint density at radius 3 is 2.60 bits per heavy atom. The number of rotatable bonds is 1. The van der Waals surface area contributed by atoms with Gasteiger partial charge in [0.2, 0.25) is 0 Å². The molecule has 0 unspecified atom stereocenters. The number of methoxy groups -OCH3 is 1. The highest BCUT2D eigenvalue weighted by Crippen LogP contribution is 2.34. The second-order valence-electron chi connectivity index (χ2n) is 2.51. The van der Waals surface area contributed by atoms with Gasteiger partial charge in [-0.1, -0.05) is 0 Å². The molecule has 0 saturated carbocycles. The van der Waals surface area contributed by atoms with Gasteiger partial charge >= 0.3 is 12.1 Å². The van der Waals surface area contributed by atoms with Crippen molar-refractivity contribution >= 4 is 21.9 Å². The molecule has 0 spiro atoms. The van der Waals surface area contributed by atoms with Crippen LogP contribution in [0.4, 0.5) is 13.2 Å². The molecule has 1 heterocycles. The Labute approximate surface area is 91.4 Å². The van der Waals surface area contributed by atoms with Gasteiger partial charge in [0.1, 0.15) is 0 Å². The van der Waals surface area contributed by atoms with Gasteiger partial charge in [0.15, 0.2) is 5.69 Å². The maximum atomic E-state index is 12.4. The topological polar surface area (TPSA) is 39.2 Å². The zero-order valence-electron chi connectivity index (χ0n) is 7.43. The molecular formula is C8H5BrF3NO2. The van der Waals surface area contributed by atoms with Gasteiger partial charge in [-0.05, 0) is 22.0 Å². The first kappa shape index (κ1) is 12.0. The van der Waals surface area contributed by atoms with E-state index < -0.39 is 22.3 Å². The summed E-state index contributed by atoms with van der Waals surface area (Å²) in [5, 5.41) is 0. The molecule has 1 aromatic rings. The van der Waals surface area contributed by atoms with Crippen molar-refractivity contribution in [2.75, 3.05) is 7.11 Å². The molecule has 0 radical (unpaired) electrons. The third-order valence-electron chi connectivity index (χ3n) is 1.56. The molecule has 1 rings (SSSR count). The van der Waals surface area contributed by atoms with Crippen molar-refractivity contribution in [3.63, 3.8) is 0 Å². The number of carbonyl (C=O) groups is 1. The van der Waals surface area contributed by atoms with Crippen LogP contribution < -0.4 is 0 Å². The zero-order chi connectivity index (χ0) is 11.6. The van der Waals surface area contributed by atoms with Crippen LogP contribution in [-0.4, -0.2) is 18.1 Å². The molecule has 0 N–H and O–H groups in total. The SMILES string of the molecule is COC(=O)c1ccnc(C(F)(F)F)c1Br. The molecule has 1 aromatic heterocycles. The van der Waals surface area contributed by atoms with Gasteiger partial charge < -0.3 is 4.74 Å². The lowest BCUT2D eigenvalue weighted by Gasteiger charge is -2.09. The van der Waals surface area contributed by atoms with Crippen molar-refractivity contribution in [3.05, 3.63) is 28.0 Å². The molecule has 15 heavy (non-hydrogen) atoms. The van der Waals surface area contributed by atoms with E-state index in [0.29, 0.717) is 0 Å². The number of pyridine rings is 1. The minimum Gasteiger partial charge on any atom is -0.465 e. The van der Waals surface area contributed by atoms with Crippen LogP contribution in [0.2, 0.25) is 0 Å². The smallest absolute Gasteiger partial charge is 0.434 e. The van der Waals surface area contributed by atoms with Crippen molar-refractivity contribution in [2.45, 2.75) is 6.18 Å². The summed E-state index contributed by atoms with van der Waals surface area (Å²) in [6, 6.07) is 1.14. The summed E-state index contributed by atoms with van der Waals surface area (Å²) in [7, 11) is 1.09. The average molecular weight is 284 g/mol. The van der Waals surface area contributed by atoms with Gasteiger partial charge in [-0.2, -0.15) is 13.2 Å². The molecular weight excluding hydrogens is 279 g/mol. The second-order valence-corrected chi connectivity index (χ2v) is 3.30. The van der Waals surface area contributed by atoms with Crippen LogP contribution in [0.5, 0.6) is 0 Å². The van der Waals surface area contributed by atoms with E-state index in [2.05, 4.69) is 25.7 Å². The number of esters is 1. The Balaban J connectivity index is 3.30. The molecule has 82 valence electrons. The van der Waals surface area contributed by atoms with Gasteiger partial charge in [-0.15, -0.1) is 0 Å². The minimum absolute atomic E-state index is 0.208. The zero-order valence-corrected chi connectivity index (χ0v) is 9.02. The summed E-state index contributed by atoms with van der Waals surface area (Å²) in [4.78, 5) is 14.2. The number of nitrogens with zero attached hydrogens (tertiary/aromatic N) is 1. The number of hydrogen-bond donors (Lipinski definition) is 0. The normalized spacial score (nSPS) is 11.3. The molecule has 0 aliphatic rings. The molecule has 3 nitrogen and oxygen atoms in total. The fourth-order valence-electron chi connectivity index (χ4n) is 0.909. The molecule has 0 aliphatic heterocycles. The van der Waals surface area contributed by atoms with E-state index in [4.69, 9.17) is 0 Å². The van der Waals surface area contributed by atoms with E-state index in [-0.39, 0.29) is 5.56 Å². The summed E-state index contributed by atoms with van der Waals surface area (Å²) >= 11 is 2.68. The fraction of sp³-hybridized carbons (Fsp3) is 0.250. The molecule has 7 heteroatoms. The number of alkyl halides is 3. The van der Waals surface area contributed by atoms with E-state index >= 15 is 0 Å². The standard InChI is InChI=1S/C8H5BrF3NO2/c1-15-7(14)4-2-3-13-6(5(4)9)8(10,11)12/h2-3H,1H3. The highest BCUT2D eigenvalue weighted by atomic mass is 79.9.